The highest BCUT2D eigenvalue weighted by atomic mass is 35.5. The van der Waals surface area contributed by atoms with Gasteiger partial charge in [0.05, 0.1) is 16.1 Å². The second kappa shape index (κ2) is 9.49. The number of aryl methyl sites for hydroxylation is 1. The summed E-state index contributed by atoms with van der Waals surface area (Å²) in [5.74, 6) is -0.439. The molecule has 5 rings (SSSR count). The van der Waals surface area contributed by atoms with Crippen LogP contribution in [-0.4, -0.2) is 21.9 Å². The quantitative estimate of drug-likeness (QED) is 0.214. The molecule has 3 aromatic carbocycles. The van der Waals surface area contributed by atoms with Crippen LogP contribution in [0, 0.1) is 12.7 Å². The van der Waals surface area contributed by atoms with Crippen molar-refractivity contribution in [3.63, 3.8) is 0 Å². The number of aromatic amines is 1. The Kier molecular flexibility index (Phi) is 6.31. The zero-order valence-electron chi connectivity index (χ0n) is 19.6. The minimum absolute atomic E-state index is 0.0716. The number of H-pyrrole nitrogens is 1. The summed E-state index contributed by atoms with van der Waals surface area (Å²) in [5, 5.41) is 6.92. The van der Waals surface area contributed by atoms with Crippen LogP contribution in [-0.2, 0) is 12.7 Å². The molecule has 0 fully saturated rings. The van der Waals surface area contributed by atoms with E-state index in [4.69, 9.17) is 11.6 Å². The zero-order chi connectivity index (χ0) is 27.2. The van der Waals surface area contributed by atoms with Crippen molar-refractivity contribution < 1.29 is 27.2 Å². The summed E-state index contributed by atoms with van der Waals surface area (Å²) >= 11 is 5.60. The number of urea groups is 1. The van der Waals surface area contributed by atoms with Crippen molar-refractivity contribution in [3.05, 3.63) is 88.0 Å². The number of nitrogens with zero attached hydrogens (tertiary/aromatic N) is 1. The summed E-state index contributed by atoms with van der Waals surface area (Å²) in [6, 6.07) is 9.43. The number of anilines is 2. The van der Waals surface area contributed by atoms with Crippen molar-refractivity contribution in [2.75, 3.05) is 10.6 Å². The van der Waals surface area contributed by atoms with Gasteiger partial charge in [-0.25, -0.2) is 14.2 Å². The average molecular weight is 544 g/mol. The number of alkyl halides is 3. The smallest absolute Gasteiger partial charge is 0.348 e. The fourth-order valence-corrected chi connectivity index (χ4v) is 4.50. The first-order chi connectivity index (χ1) is 18.0. The molecule has 194 valence electrons. The number of aromatic nitrogens is 2. The van der Waals surface area contributed by atoms with Gasteiger partial charge in [0.15, 0.2) is 0 Å². The lowest BCUT2D eigenvalue weighted by molar-refractivity contribution is -0.137. The fourth-order valence-electron chi connectivity index (χ4n) is 4.27. The number of benzene rings is 3. The van der Waals surface area contributed by atoms with Gasteiger partial charge >= 0.3 is 12.2 Å². The molecule has 7 nitrogen and oxygen atoms in total. The monoisotopic (exact) mass is 543 g/mol. The molecule has 1 aromatic heterocycles. The number of imidazole rings is 1. The molecule has 0 bridgehead atoms. The van der Waals surface area contributed by atoms with E-state index in [1.54, 1.807) is 18.3 Å². The Bertz CT molecular complexity index is 1600. The topological polar surface area (TPSA) is 98.9 Å². The van der Waals surface area contributed by atoms with Crippen LogP contribution in [0.15, 0.2) is 54.7 Å². The Hall–Kier alpha value is -4.38. The molecule has 0 radical (unpaired) electrons. The normalized spacial score (nSPS) is 12.7. The van der Waals surface area contributed by atoms with Crippen molar-refractivity contribution in [2.24, 2.45) is 0 Å². The predicted molar refractivity (Wildman–Crippen MR) is 134 cm³/mol. The van der Waals surface area contributed by atoms with Gasteiger partial charge < -0.3 is 20.9 Å². The minimum atomic E-state index is -4.69. The third-order valence-corrected chi connectivity index (χ3v) is 6.30. The van der Waals surface area contributed by atoms with Crippen molar-refractivity contribution in [3.8, 4) is 22.5 Å². The third kappa shape index (κ3) is 4.80. The molecule has 0 unspecified atom stereocenters. The molecular weight excluding hydrogens is 526 g/mol. The van der Waals surface area contributed by atoms with E-state index < -0.39 is 28.6 Å². The second-order valence-corrected chi connectivity index (χ2v) is 8.99. The maximum atomic E-state index is 15.2. The molecule has 0 saturated heterocycles. The van der Waals surface area contributed by atoms with E-state index in [0.29, 0.717) is 34.1 Å². The lowest BCUT2D eigenvalue weighted by atomic mass is 9.92. The molecule has 1 aliphatic heterocycles. The molecule has 0 spiro atoms. The number of rotatable bonds is 4. The zero-order valence-corrected chi connectivity index (χ0v) is 20.3. The molecule has 4 N–H and O–H groups in total. The van der Waals surface area contributed by atoms with Gasteiger partial charge in [-0.15, -0.1) is 0 Å². The van der Waals surface area contributed by atoms with Gasteiger partial charge in [-0.05, 0) is 60.5 Å². The number of carbonyl (C=O) groups is 2. The standard InChI is InChI=1S/C26H18ClF4N5O2/c1-12-10-32-23(34-12)17-6-5-15(18-11-33-24(37)22(17)18)16-4-2-14(9-21(16)28)36-25(38)35-13-3-7-20(27)19(8-13)26(29,30)31/h2-10H,11H2,1H3,(H,32,34)(H,33,37)(H2,35,36,38). The summed E-state index contributed by atoms with van der Waals surface area (Å²) in [4.78, 5) is 32.3. The molecule has 0 atom stereocenters. The number of carbonyl (C=O) groups excluding carboxylic acids is 2. The number of fused-ring (bicyclic) bond motifs is 1. The number of hydrogen-bond donors (Lipinski definition) is 4. The predicted octanol–water partition coefficient (Wildman–Crippen LogP) is 6.75. The molecule has 1 aliphatic rings. The van der Waals surface area contributed by atoms with Gasteiger partial charge in [0.25, 0.3) is 5.91 Å². The van der Waals surface area contributed by atoms with Crippen molar-refractivity contribution >= 4 is 34.9 Å². The molecule has 2 heterocycles. The van der Waals surface area contributed by atoms with E-state index in [2.05, 4.69) is 25.9 Å². The molecule has 12 heteroatoms. The lowest BCUT2D eigenvalue weighted by Crippen LogP contribution is -2.20. The summed E-state index contributed by atoms with van der Waals surface area (Å²) in [5.41, 5.74) is 1.97. The molecule has 0 aliphatic carbocycles. The molecule has 4 aromatic rings. The highest BCUT2D eigenvalue weighted by molar-refractivity contribution is 6.31. The Morgan fingerprint density at radius 1 is 1.00 bits per heavy atom. The minimum Gasteiger partial charge on any atom is -0.348 e. The van der Waals surface area contributed by atoms with Gasteiger partial charge in [0.2, 0.25) is 0 Å². The largest absolute Gasteiger partial charge is 0.417 e. The second-order valence-electron chi connectivity index (χ2n) is 8.58. The Labute approximate surface area is 218 Å². The first kappa shape index (κ1) is 25.3. The Morgan fingerprint density at radius 3 is 2.32 bits per heavy atom. The van der Waals surface area contributed by atoms with Crippen LogP contribution in [0.4, 0.5) is 33.7 Å². The highest BCUT2D eigenvalue weighted by Crippen LogP contribution is 2.38. The van der Waals surface area contributed by atoms with Crippen LogP contribution < -0.4 is 16.0 Å². The summed E-state index contributed by atoms with van der Waals surface area (Å²) in [6.07, 6.45) is -3.05. The maximum Gasteiger partial charge on any atom is 0.417 e. The van der Waals surface area contributed by atoms with Gasteiger partial charge in [-0.3, -0.25) is 4.79 Å². The first-order valence-electron chi connectivity index (χ1n) is 11.2. The third-order valence-electron chi connectivity index (χ3n) is 5.97. The highest BCUT2D eigenvalue weighted by Gasteiger charge is 2.33. The summed E-state index contributed by atoms with van der Waals surface area (Å²) < 4.78 is 54.4. The fraction of sp³-hybridized carbons (Fsp3) is 0.115. The molecular formula is C26H18ClF4N5O2. The van der Waals surface area contributed by atoms with E-state index in [1.807, 2.05) is 6.92 Å². The van der Waals surface area contributed by atoms with E-state index in [1.165, 1.54) is 18.2 Å². The van der Waals surface area contributed by atoms with Crippen LogP contribution in [0.5, 0.6) is 0 Å². The van der Waals surface area contributed by atoms with Gasteiger partial charge in [0, 0.05) is 40.9 Å². The summed E-state index contributed by atoms with van der Waals surface area (Å²) in [7, 11) is 0. The van der Waals surface area contributed by atoms with Crippen LogP contribution >= 0.6 is 11.6 Å². The number of halogens is 5. The SMILES string of the molecule is Cc1cnc(-c2ccc(-c3ccc(NC(=O)Nc4ccc(Cl)c(C(F)(F)F)c4)cc3F)c3c2C(=O)NC3)[nH]1. The summed E-state index contributed by atoms with van der Waals surface area (Å²) in [6.45, 7) is 2.05. The van der Waals surface area contributed by atoms with E-state index in [-0.39, 0.29) is 29.4 Å². The number of hydrogen-bond acceptors (Lipinski definition) is 3. The first-order valence-corrected chi connectivity index (χ1v) is 11.6. The van der Waals surface area contributed by atoms with Gasteiger partial charge in [-0.2, -0.15) is 13.2 Å². The van der Waals surface area contributed by atoms with Crippen LogP contribution in [0.2, 0.25) is 5.02 Å². The van der Waals surface area contributed by atoms with E-state index in [0.717, 1.165) is 17.8 Å². The number of amides is 3. The van der Waals surface area contributed by atoms with Crippen LogP contribution in [0.3, 0.4) is 0 Å². The van der Waals surface area contributed by atoms with E-state index in [9.17, 15) is 22.8 Å². The van der Waals surface area contributed by atoms with E-state index >= 15 is 4.39 Å². The van der Waals surface area contributed by atoms with Crippen LogP contribution in [0.1, 0.15) is 27.2 Å². The lowest BCUT2D eigenvalue weighted by Gasteiger charge is -2.14. The molecule has 0 saturated carbocycles. The van der Waals surface area contributed by atoms with Crippen LogP contribution in [0.25, 0.3) is 22.5 Å². The number of nitrogens with one attached hydrogen (secondary N) is 4. The van der Waals surface area contributed by atoms with Gasteiger partial charge in [-0.1, -0.05) is 17.7 Å². The molecule has 38 heavy (non-hydrogen) atoms. The van der Waals surface area contributed by atoms with Crippen molar-refractivity contribution in [1.82, 2.24) is 15.3 Å². The van der Waals surface area contributed by atoms with Crippen molar-refractivity contribution in [1.29, 1.82) is 0 Å². The van der Waals surface area contributed by atoms with Crippen molar-refractivity contribution in [2.45, 2.75) is 19.6 Å². The average Bonchev–Trinajstić information content (AvgIpc) is 3.45. The Balaban J connectivity index is 1.38. The van der Waals surface area contributed by atoms with Gasteiger partial charge in [0.1, 0.15) is 11.6 Å². The maximum absolute atomic E-state index is 15.2. The Morgan fingerprint density at radius 2 is 1.66 bits per heavy atom. The molecule has 3 amide bonds.